The van der Waals surface area contributed by atoms with Gasteiger partial charge in [-0.3, -0.25) is 4.21 Å². The van der Waals surface area contributed by atoms with Crippen LogP contribution in [-0.2, 0) is 21.7 Å². The van der Waals surface area contributed by atoms with E-state index in [0.29, 0.717) is 24.8 Å². The minimum absolute atomic E-state index is 0. The Morgan fingerprint density at radius 1 is 1.25 bits per heavy atom. The zero-order valence-corrected chi connectivity index (χ0v) is 21.6. The van der Waals surface area contributed by atoms with Crippen molar-refractivity contribution in [3.8, 4) is 5.75 Å². The largest absolute Gasteiger partial charge is 1.00 e. The number of nitrogens with zero attached hydrogens (tertiary/aromatic N) is 2. The van der Waals surface area contributed by atoms with E-state index in [4.69, 9.17) is 9.47 Å². The maximum Gasteiger partial charge on any atom is 1.00 e. The molecule has 0 amide bonds. The van der Waals surface area contributed by atoms with Gasteiger partial charge in [0, 0.05) is 12.0 Å². The fraction of sp³-hybridized carbons (Fsp3) is 0.429. The van der Waals surface area contributed by atoms with E-state index in [2.05, 4.69) is 35.0 Å². The van der Waals surface area contributed by atoms with Crippen LogP contribution in [0.1, 0.15) is 31.4 Å². The number of rotatable bonds is 7. The number of H-pyrrole nitrogens is 1. The molecule has 3 rings (SSSR count). The van der Waals surface area contributed by atoms with Crippen LogP contribution >= 0.6 is 0 Å². The number of nitrogens with one attached hydrogen (secondary N) is 1. The Morgan fingerprint density at radius 3 is 2.56 bits per heavy atom. The van der Waals surface area contributed by atoms with Crippen molar-refractivity contribution in [1.82, 2.24) is 15.0 Å². The number of fused-ring (bicyclic) bond motifs is 1. The van der Waals surface area contributed by atoms with Crippen molar-refractivity contribution in [2.75, 3.05) is 19.5 Å². The van der Waals surface area contributed by atoms with Gasteiger partial charge in [0.25, 0.3) is 0 Å². The van der Waals surface area contributed by atoms with Crippen LogP contribution in [0.5, 0.6) is 5.75 Å². The van der Waals surface area contributed by atoms with E-state index in [0.717, 1.165) is 29.9 Å². The third kappa shape index (κ3) is 8.82. The molecule has 11 heteroatoms. The summed E-state index contributed by atoms with van der Waals surface area (Å²) >= 11 is 0. The number of benzene rings is 1. The molecule has 2 unspecified atom stereocenters. The molecule has 6 nitrogen and oxygen atoms in total. The summed E-state index contributed by atoms with van der Waals surface area (Å²) in [4.78, 5) is 10.4. The normalized spacial score (nSPS) is 13.0. The van der Waals surface area contributed by atoms with E-state index in [1.165, 1.54) is 12.3 Å². The van der Waals surface area contributed by atoms with Crippen molar-refractivity contribution >= 4 is 21.8 Å². The maximum absolute atomic E-state index is 12.4. The molecule has 3 aromatic rings. The molecule has 2 heterocycles. The van der Waals surface area contributed by atoms with Crippen LogP contribution in [0.25, 0.3) is 11.0 Å². The Hall–Kier alpha value is -1.46. The molecule has 170 valence electrons. The zero-order valence-electron chi connectivity index (χ0n) is 18.7. The molecule has 0 bridgehead atoms. The van der Waals surface area contributed by atoms with E-state index in [9.17, 15) is 17.4 Å². The van der Waals surface area contributed by atoms with Crippen LogP contribution in [0.2, 0.25) is 0 Å². The van der Waals surface area contributed by atoms with Crippen LogP contribution < -0.4 is 34.3 Å². The van der Waals surface area contributed by atoms with Crippen molar-refractivity contribution in [2.45, 2.75) is 44.6 Å². The smallest absolute Gasteiger partial charge is 0.548 e. The second-order valence-corrected chi connectivity index (χ2v) is 8.00. The molecule has 2 atom stereocenters. The number of pyridine rings is 1. The average Bonchev–Trinajstić information content (AvgIpc) is 3.16. The number of aromatic nitrogens is 3. The molecule has 0 saturated carbocycles. The van der Waals surface area contributed by atoms with Gasteiger partial charge in [0.15, 0.2) is 5.16 Å². The maximum atomic E-state index is 12.4. The van der Waals surface area contributed by atoms with Crippen molar-refractivity contribution < 1.29 is 56.4 Å². The molecule has 0 aliphatic rings. The van der Waals surface area contributed by atoms with Crippen LogP contribution in [0, 0.1) is 13.1 Å². The van der Waals surface area contributed by atoms with Gasteiger partial charge < -0.3 is 19.4 Å². The number of hydrogen-bond acceptors (Lipinski definition) is 5. The number of aromatic amines is 1. The van der Waals surface area contributed by atoms with Crippen molar-refractivity contribution in [2.24, 2.45) is 0 Å². The molecule has 0 spiro atoms. The summed E-state index contributed by atoms with van der Waals surface area (Å²) < 4.78 is 59.3. The molecule has 1 aromatic carbocycles. The first-order valence-electron chi connectivity index (χ1n) is 9.59. The number of alkyl halides is 3. The second-order valence-electron chi connectivity index (χ2n) is 6.71. The van der Waals surface area contributed by atoms with Gasteiger partial charge in [-0.2, -0.15) is 13.2 Å². The number of aryl methyl sites for hydroxylation is 1. The van der Waals surface area contributed by atoms with Crippen molar-refractivity contribution in [3.63, 3.8) is 0 Å². The van der Waals surface area contributed by atoms with Gasteiger partial charge in [-0.15, -0.1) is 11.6 Å². The minimum atomic E-state index is -4.38. The predicted molar refractivity (Wildman–Crippen MR) is 112 cm³/mol. The van der Waals surface area contributed by atoms with Crippen molar-refractivity contribution in [1.29, 1.82) is 0 Å². The quantitative estimate of drug-likeness (QED) is 0.317. The molecule has 32 heavy (non-hydrogen) atoms. The van der Waals surface area contributed by atoms with E-state index in [-0.39, 0.29) is 40.2 Å². The van der Waals surface area contributed by atoms with Gasteiger partial charge in [0.05, 0.1) is 46.7 Å². The number of halogens is 3. The van der Waals surface area contributed by atoms with E-state index in [1.54, 1.807) is 6.20 Å². The molecule has 0 radical (unpaired) electrons. The topological polar surface area (TPSA) is 77.1 Å². The Balaban J connectivity index is 0.000000311. The number of imidazole rings is 1. The first-order chi connectivity index (χ1) is 14.6. The standard InChI is InChI=1S/C12H18NO2.C9H7F3N2OS.Na/c1-4-11(3)14-7-8-15-12-5-6-13-9-10(12)2;1-16(15)8-13-6-3-2-5(9(10,11)12)4-7(6)14-8;/h5-6,11H,4,7-8H2,1-3H3;2-4H,1H3,(H,13,14);/q-1;;+1. The zero-order chi connectivity index (χ0) is 23.0. The first kappa shape index (κ1) is 28.6. The van der Waals surface area contributed by atoms with Crippen LogP contribution in [0.3, 0.4) is 0 Å². The molecular weight excluding hydrogens is 454 g/mol. The molecule has 0 saturated heterocycles. The Labute approximate surface area is 210 Å². The second kappa shape index (κ2) is 13.3. The van der Waals surface area contributed by atoms with Crippen LogP contribution in [-0.4, -0.2) is 44.7 Å². The molecular formula is C21H25F3N3NaO3S. The Kier molecular flexibility index (Phi) is 11.9. The number of ether oxygens (including phenoxy) is 2. The molecule has 0 aliphatic heterocycles. The molecule has 0 aliphatic carbocycles. The summed E-state index contributed by atoms with van der Waals surface area (Å²) in [6.45, 7) is 7.29. The van der Waals surface area contributed by atoms with E-state index < -0.39 is 22.5 Å². The summed E-state index contributed by atoms with van der Waals surface area (Å²) in [7, 11) is -1.34. The summed E-state index contributed by atoms with van der Waals surface area (Å²) in [6.07, 6.45) is 2.88. The van der Waals surface area contributed by atoms with Gasteiger partial charge in [-0.25, -0.2) is 4.98 Å². The predicted octanol–water partition coefficient (Wildman–Crippen LogP) is 1.71. The molecule has 0 fully saturated rings. The van der Waals surface area contributed by atoms with Gasteiger partial charge in [-0.1, -0.05) is 26.2 Å². The van der Waals surface area contributed by atoms with E-state index in [1.807, 2.05) is 13.0 Å². The first-order valence-corrected chi connectivity index (χ1v) is 11.2. The Morgan fingerprint density at radius 2 is 1.97 bits per heavy atom. The van der Waals surface area contributed by atoms with Crippen LogP contribution in [0.15, 0.2) is 35.6 Å². The fourth-order valence-corrected chi connectivity index (χ4v) is 2.87. The molecule has 2 aromatic heterocycles. The fourth-order valence-electron chi connectivity index (χ4n) is 2.39. The minimum Gasteiger partial charge on any atom is -0.548 e. The van der Waals surface area contributed by atoms with E-state index >= 15 is 0 Å². The van der Waals surface area contributed by atoms with Gasteiger partial charge in [-0.05, 0) is 31.5 Å². The third-order valence-electron chi connectivity index (χ3n) is 4.28. The van der Waals surface area contributed by atoms with Gasteiger partial charge in [0.2, 0.25) is 0 Å². The third-order valence-corrected chi connectivity index (χ3v) is 5.02. The van der Waals surface area contributed by atoms with Crippen LogP contribution in [0.4, 0.5) is 13.2 Å². The molecule has 1 N–H and O–H groups in total. The summed E-state index contributed by atoms with van der Waals surface area (Å²) in [6, 6.07) is 5.00. The Bertz CT molecular complexity index is 1010. The van der Waals surface area contributed by atoms with Crippen molar-refractivity contribution in [3.05, 3.63) is 47.8 Å². The van der Waals surface area contributed by atoms with Gasteiger partial charge >= 0.3 is 35.7 Å². The van der Waals surface area contributed by atoms with Gasteiger partial charge in [0.1, 0.15) is 0 Å². The monoisotopic (exact) mass is 479 g/mol. The summed E-state index contributed by atoms with van der Waals surface area (Å²) in [5.74, 6) is 0.831. The summed E-state index contributed by atoms with van der Waals surface area (Å²) in [5, 5.41) is 0.175. The number of hydrogen-bond donors (Lipinski definition) is 1. The average molecular weight is 480 g/mol. The summed E-state index contributed by atoms with van der Waals surface area (Å²) in [5.41, 5.74) is 0.788. The SMILES string of the molecule is CCC(C)OCCOc1ccn[c-]c1C.CS(=O)c1nc2ccc(C(F)(F)F)cc2[nH]1.[Na+].